The molecule has 1 aromatic carbocycles. The molecule has 3 aromatic rings. The third-order valence-corrected chi connectivity index (χ3v) is 6.27. The number of hydrogen-bond acceptors (Lipinski definition) is 4. The van der Waals surface area contributed by atoms with E-state index in [0.29, 0.717) is 31.5 Å². The molecule has 0 aliphatic carbocycles. The fourth-order valence-corrected chi connectivity index (χ4v) is 4.12. The molecule has 1 saturated heterocycles. The zero-order valence-electron chi connectivity index (χ0n) is 18.0. The van der Waals surface area contributed by atoms with E-state index in [4.69, 9.17) is 4.98 Å². The van der Waals surface area contributed by atoms with Crippen molar-refractivity contribution in [1.82, 2.24) is 25.2 Å². The molecule has 2 atom stereocenters. The minimum Gasteiger partial charge on any atom is -0.346 e. The first-order valence-corrected chi connectivity index (χ1v) is 11.0. The van der Waals surface area contributed by atoms with Crippen molar-refractivity contribution in [1.29, 1.82) is 0 Å². The summed E-state index contributed by atoms with van der Waals surface area (Å²) >= 11 is 0. The van der Waals surface area contributed by atoms with Crippen LogP contribution in [0.25, 0.3) is 11.0 Å². The maximum atomic E-state index is 13.1. The van der Waals surface area contributed by atoms with E-state index in [1.165, 1.54) is 0 Å². The number of piperidine rings is 1. The van der Waals surface area contributed by atoms with Crippen molar-refractivity contribution < 1.29 is 9.59 Å². The summed E-state index contributed by atoms with van der Waals surface area (Å²) in [5, 5.41) is 3.24. The molecule has 3 heterocycles. The molecule has 2 N–H and O–H groups in total. The number of aromatic nitrogens is 3. The van der Waals surface area contributed by atoms with Crippen molar-refractivity contribution in [2.24, 2.45) is 11.8 Å². The van der Waals surface area contributed by atoms with Gasteiger partial charge in [0.1, 0.15) is 5.82 Å². The van der Waals surface area contributed by atoms with Gasteiger partial charge in [0, 0.05) is 31.4 Å². The number of benzene rings is 1. The second-order valence-electron chi connectivity index (χ2n) is 8.32. The van der Waals surface area contributed by atoms with E-state index >= 15 is 0 Å². The monoisotopic (exact) mass is 419 g/mol. The summed E-state index contributed by atoms with van der Waals surface area (Å²) in [4.78, 5) is 39.7. The van der Waals surface area contributed by atoms with Crippen LogP contribution < -0.4 is 5.32 Å². The second kappa shape index (κ2) is 9.29. The van der Waals surface area contributed by atoms with Gasteiger partial charge in [-0.05, 0) is 43.0 Å². The van der Waals surface area contributed by atoms with Gasteiger partial charge in [-0.1, -0.05) is 32.4 Å². The Bertz CT molecular complexity index is 1010. The number of likely N-dealkylation sites (tertiary alicyclic amines) is 1. The maximum Gasteiger partial charge on any atom is 0.255 e. The predicted molar refractivity (Wildman–Crippen MR) is 119 cm³/mol. The number of fused-ring (bicyclic) bond motifs is 1. The molecule has 2 aromatic heterocycles. The van der Waals surface area contributed by atoms with Crippen LogP contribution in [0.4, 0.5) is 0 Å². The van der Waals surface area contributed by atoms with Crippen LogP contribution in [0.3, 0.4) is 0 Å². The van der Waals surface area contributed by atoms with E-state index < -0.39 is 0 Å². The number of carbonyl (C=O) groups excluding carboxylic acids is 2. The van der Waals surface area contributed by atoms with Crippen molar-refractivity contribution in [2.45, 2.75) is 39.2 Å². The Morgan fingerprint density at radius 1 is 1.19 bits per heavy atom. The lowest BCUT2D eigenvalue weighted by atomic mass is 9.93. The van der Waals surface area contributed by atoms with E-state index in [1.54, 1.807) is 24.5 Å². The normalized spacial score (nSPS) is 16.8. The topological polar surface area (TPSA) is 91.0 Å². The molecule has 2 unspecified atom stereocenters. The summed E-state index contributed by atoms with van der Waals surface area (Å²) in [5.74, 6) is 0.963. The van der Waals surface area contributed by atoms with Gasteiger partial charge in [-0.25, -0.2) is 4.98 Å². The van der Waals surface area contributed by atoms with Crippen molar-refractivity contribution in [3.05, 3.63) is 60.2 Å². The van der Waals surface area contributed by atoms with Crippen LogP contribution in [0.15, 0.2) is 48.8 Å². The molecule has 4 rings (SSSR count). The second-order valence-corrected chi connectivity index (χ2v) is 8.32. The molecule has 0 spiro atoms. The summed E-state index contributed by atoms with van der Waals surface area (Å²) in [6.45, 7) is 5.40. The fourth-order valence-electron chi connectivity index (χ4n) is 4.12. The number of pyridine rings is 1. The van der Waals surface area contributed by atoms with Crippen LogP contribution in [0.2, 0.25) is 0 Å². The number of hydrogen-bond donors (Lipinski definition) is 2. The molecule has 0 bridgehead atoms. The van der Waals surface area contributed by atoms with Crippen molar-refractivity contribution in [3.8, 4) is 0 Å². The lowest BCUT2D eigenvalue weighted by Gasteiger charge is -2.32. The van der Waals surface area contributed by atoms with Crippen molar-refractivity contribution >= 4 is 22.8 Å². The Balaban J connectivity index is 1.41. The predicted octanol–water partition coefficient (Wildman–Crippen LogP) is 3.71. The average Bonchev–Trinajstić information content (AvgIpc) is 3.26. The molecule has 162 valence electrons. The van der Waals surface area contributed by atoms with Gasteiger partial charge in [0.05, 0.1) is 22.6 Å². The number of aromatic amines is 1. The maximum absolute atomic E-state index is 13.1. The van der Waals surface area contributed by atoms with E-state index in [9.17, 15) is 9.59 Å². The first kappa shape index (κ1) is 21.0. The van der Waals surface area contributed by atoms with E-state index in [2.05, 4.69) is 29.1 Å². The lowest BCUT2D eigenvalue weighted by Crippen LogP contribution is -2.44. The Morgan fingerprint density at radius 2 is 1.97 bits per heavy atom. The number of H-pyrrole nitrogens is 1. The minimum absolute atomic E-state index is 0.0216. The van der Waals surface area contributed by atoms with E-state index in [1.807, 2.05) is 29.2 Å². The molecule has 1 aliphatic rings. The molecule has 1 aliphatic heterocycles. The van der Waals surface area contributed by atoms with Gasteiger partial charge in [-0.2, -0.15) is 0 Å². The van der Waals surface area contributed by atoms with E-state index in [0.717, 1.165) is 23.3 Å². The third-order valence-electron chi connectivity index (χ3n) is 6.27. The van der Waals surface area contributed by atoms with Gasteiger partial charge in [0.25, 0.3) is 5.91 Å². The number of nitrogens with one attached hydrogen (secondary N) is 2. The number of amides is 2. The Hall–Kier alpha value is -3.22. The zero-order chi connectivity index (χ0) is 21.8. The van der Waals surface area contributed by atoms with Crippen LogP contribution in [-0.4, -0.2) is 44.8 Å². The number of imidazole rings is 1. The SMILES string of the molecule is CCC(C)C(NC(=O)C1CCN(C(=O)c2cccnc2)CC1)c1nc2ccccc2[nH]1. The van der Waals surface area contributed by atoms with Crippen LogP contribution in [-0.2, 0) is 4.79 Å². The lowest BCUT2D eigenvalue weighted by molar-refractivity contribution is -0.127. The summed E-state index contributed by atoms with van der Waals surface area (Å²) in [6.07, 6.45) is 5.49. The summed E-state index contributed by atoms with van der Waals surface area (Å²) < 4.78 is 0. The summed E-state index contributed by atoms with van der Waals surface area (Å²) in [5.41, 5.74) is 2.47. The highest BCUT2D eigenvalue weighted by molar-refractivity contribution is 5.94. The van der Waals surface area contributed by atoms with Gasteiger partial charge in [-0.3, -0.25) is 14.6 Å². The molecule has 2 amide bonds. The van der Waals surface area contributed by atoms with Crippen LogP contribution in [0, 0.1) is 11.8 Å². The number of rotatable bonds is 6. The molecule has 31 heavy (non-hydrogen) atoms. The van der Waals surface area contributed by atoms with Gasteiger partial charge in [0.15, 0.2) is 0 Å². The van der Waals surface area contributed by atoms with Gasteiger partial charge in [-0.15, -0.1) is 0 Å². The first-order valence-electron chi connectivity index (χ1n) is 11.0. The summed E-state index contributed by atoms with van der Waals surface area (Å²) in [7, 11) is 0. The fraction of sp³-hybridized carbons (Fsp3) is 0.417. The Morgan fingerprint density at radius 3 is 2.65 bits per heavy atom. The first-order chi connectivity index (χ1) is 15.1. The summed E-state index contributed by atoms with van der Waals surface area (Å²) in [6, 6.07) is 11.3. The standard InChI is InChI=1S/C24H29N5O2/c1-3-16(2)21(22-26-19-8-4-5-9-20(19)27-22)28-23(30)17-10-13-29(14-11-17)24(31)18-7-6-12-25-15-18/h4-9,12,15-17,21H,3,10-11,13-14H2,1-2H3,(H,26,27)(H,28,30). The van der Waals surface area contributed by atoms with Gasteiger partial charge >= 0.3 is 0 Å². The van der Waals surface area contributed by atoms with Crippen LogP contribution in [0.1, 0.15) is 55.3 Å². The highest BCUT2D eigenvalue weighted by atomic mass is 16.2. The zero-order valence-corrected chi connectivity index (χ0v) is 18.0. The quantitative estimate of drug-likeness (QED) is 0.637. The number of nitrogens with zero attached hydrogens (tertiary/aromatic N) is 3. The third kappa shape index (κ3) is 4.60. The van der Waals surface area contributed by atoms with Crippen molar-refractivity contribution in [3.63, 3.8) is 0 Å². The smallest absolute Gasteiger partial charge is 0.255 e. The molecule has 7 nitrogen and oxygen atoms in total. The molecular formula is C24H29N5O2. The van der Waals surface area contributed by atoms with Crippen LogP contribution >= 0.6 is 0 Å². The Labute approximate surface area is 182 Å². The highest BCUT2D eigenvalue weighted by Crippen LogP contribution is 2.27. The highest BCUT2D eigenvalue weighted by Gasteiger charge is 2.31. The van der Waals surface area contributed by atoms with Gasteiger partial charge < -0.3 is 15.2 Å². The molecule has 1 fully saturated rings. The minimum atomic E-state index is -0.167. The largest absolute Gasteiger partial charge is 0.346 e. The van der Waals surface area contributed by atoms with E-state index in [-0.39, 0.29) is 29.7 Å². The van der Waals surface area contributed by atoms with Crippen molar-refractivity contribution in [2.75, 3.05) is 13.1 Å². The van der Waals surface area contributed by atoms with Crippen LogP contribution in [0.5, 0.6) is 0 Å². The molecule has 0 radical (unpaired) electrons. The van der Waals surface area contributed by atoms with Gasteiger partial charge in [0.2, 0.25) is 5.91 Å². The average molecular weight is 420 g/mol. The number of carbonyl (C=O) groups is 2. The Kier molecular flexibility index (Phi) is 6.30. The molecule has 7 heteroatoms. The number of para-hydroxylation sites is 2. The molecular weight excluding hydrogens is 390 g/mol. The molecule has 0 saturated carbocycles.